The fourth-order valence-corrected chi connectivity index (χ4v) is 2.96. The maximum Gasteiger partial charge on any atom is 0.311 e. The molecule has 5 nitrogen and oxygen atoms in total. The van der Waals surface area contributed by atoms with Crippen molar-refractivity contribution < 1.29 is 19.4 Å². The molecule has 0 aliphatic carbocycles. The van der Waals surface area contributed by atoms with Gasteiger partial charge in [-0.25, -0.2) is 0 Å². The van der Waals surface area contributed by atoms with Crippen molar-refractivity contribution >= 4 is 35.2 Å². The number of hydrogen-bond donors (Lipinski definition) is 2. The van der Waals surface area contributed by atoms with Crippen molar-refractivity contribution in [2.45, 2.75) is 11.8 Å². The maximum absolute atomic E-state index is 11.8. The van der Waals surface area contributed by atoms with Gasteiger partial charge in [0, 0.05) is 10.8 Å². The summed E-state index contributed by atoms with van der Waals surface area (Å²) in [5.74, 6) is -0.780. The number of carbonyl (C=O) groups is 2. The molecule has 2 N–H and O–H groups in total. The molecular formula is C14H16ClNO4S. The van der Waals surface area contributed by atoms with E-state index in [1.165, 1.54) is 11.8 Å². The summed E-state index contributed by atoms with van der Waals surface area (Å²) in [6.07, 6.45) is 0. The second-order valence-corrected chi connectivity index (χ2v) is 6.20. The van der Waals surface area contributed by atoms with Gasteiger partial charge in [-0.05, 0) is 17.7 Å². The zero-order valence-electron chi connectivity index (χ0n) is 11.3. The van der Waals surface area contributed by atoms with Crippen LogP contribution in [0.15, 0.2) is 24.3 Å². The van der Waals surface area contributed by atoms with Gasteiger partial charge in [-0.1, -0.05) is 23.7 Å². The quantitative estimate of drug-likeness (QED) is 0.832. The Balaban J connectivity index is 1.72. The Morgan fingerprint density at radius 1 is 1.33 bits per heavy atom. The van der Waals surface area contributed by atoms with Crippen molar-refractivity contribution in [1.29, 1.82) is 0 Å². The molecule has 1 saturated heterocycles. The van der Waals surface area contributed by atoms with Crippen molar-refractivity contribution in [2.75, 3.05) is 19.0 Å². The highest BCUT2D eigenvalue weighted by Gasteiger charge is 2.34. The van der Waals surface area contributed by atoms with Crippen molar-refractivity contribution in [2.24, 2.45) is 5.92 Å². The fourth-order valence-electron chi connectivity index (χ4n) is 2.03. The van der Waals surface area contributed by atoms with Crippen LogP contribution in [0, 0.1) is 5.92 Å². The summed E-state index contributed by atoms with van der Waals surface area (Å²) in [7, 11) is 0. The molecule has 21 heavy (non-hydrogen) atoms. The summed E-state index contributed by atoms with van der Waals surface area (Å²) in [4.78, 5) is 22.8. The Kier molecular flexibility index (Phi) is 5.90. The molecule has 1 amide bonds. The monoisotopic (exact) mass is 329 g/mol. The minimum Gasteiger partial charge on any atom is -0.481 e. The van der Waals surface area contributed by atoms with Gasteiger partial charge < -0.3 is 15.2 Å². The van der Waals surface area contributed by atoms with Crippen LogP contribution in [0.3, 0.4) is 0 Å². The molecule has 2 atom stereocenters. The number of aliphatic carboxylic acids is 1. The van der Waals surface area contributed by atoms with E-state index in [0.717, 1.165) is 5.56 Å². The summed E-state index contributed by atoms with van der Waals surface area (Å²) in [6, 6.07) is 7.01. The van der Waals surface area contributed by atoms with Gasteiger partial charge >= 0.3 is 5.97 Å². The topological polar surface area (TPSA) is 75.6 Å². The number of rotatable bonds is 6. The fraction of sp³-hybridized carbons (Fsp3) is 0.429. The molecular weight excluding hydrogens is 314 g/mol. The van der Waals surface area contributed by atoms with Crippen LogP contribution in [0.4, 0.5) is 0 Å². The standard InChI is InChI=1S/C14H16ClNO4S/c15-10-3-1-9(2-4-10)7-21-8-13(17)16-12-6-20-5-11(12)14(18)19/h1-4,11-12H,5-8H2,(H,16,17)(H,18,19). The van der Waals surface area contributed by atoms with Crippen molar-refractivity contribution in [1.82, 2.24) is 5.32 Å². The third-order valence-corrected chi connectivity index (χ3v) is 4.41. The van der Waals surface area contributed by atoms with E-state index < -0.39 is 17.9 Å². The van der Waals surface area contributed by atoms with Crippen LogP contribution in [0.25, 0.3) is 0 Å². The van der Waals surface area contributed by atoms with Crippen molar-refractivity contribution in [3.8, 4) is 0 Å². The number of carboxylic acid groups (broad SMARTS) is 1. The van der Waals surface area contributed by atoms with Gasteiger partial charge in [-0.2, -0.15) is 0 Å². The summed E-state index contributed by atoms with van der Waals surface area (Å²) in [5, 5.41) is 12.4. The molecule has 1 aromatic rings. The molecule has 2 unspecified atom stereocenters. The van der Waals surface area contributed by atoms with E-state index in [2.05, 4.69) is 5.32 Å². The van der Waals surface area contributed by atoms with Gasteiger partial charge in [-0.15, -0.1) is 11.8 Å². The van der Waals surface area contributed by atoms with Gasteiger partial charge in [0.2, 0.25) is 5.91 Å². The smallest absolute Gasteiger partial charge is 0.311 e. The highest BCUT2D eigenvalue weighted by molar-refractivity contribution is 7.99. The summed E-state index contributed by atoms with van der Waals surface area (Å²) in [6.45, 7) is 0.406. The molecule has 7 heteroatoms. The number of thioether (sulfide) groups is 1. The van der Waals surface area contributed by atoms with E-state index in [9.17, 15) is 9.59 Å². The van der Waals surface area contributed by atoms with E-state index in [1.54, 1.807) is 0 Å². The average Bonchev–Trinajstić information content (AvgIpc) is 2.89. The van der Waals surface area contributed by atoms with Crippen LogP contribution in [-0.2, 0) is 20.1 Å². The predicted octanol–water partition coefficient (Wildman–Crippen LogP) is 1.79. The number of benzene rings is 1. The predicted molar refractivity (Wildman–Crippen MR) is 81.5 cm³/mol. The Hall–Kier alpha value is -1.24. The van der Waals surface area contributed by atoms with Gasteiger partial charge in [0.1, 0.15) is 5.92 Å². The van der Waals surface area contributed by atoms with Crippen LogP contribution < -0.4 is 5.32 Å². The molecule has 0 bridgehead atoms. The minimum atomic E-state index is -0.938. The second-order valence-electron chi connectivity index (χ2n) is 4.78. The van der Waals surface area contributed by atoms with Crippen LogP contribution >= 0.6 is 23.4 Å². The highest BCUT2D eigenvalue weighted by atomic mass is 35.5. The summed E-state index contributed by atoms with van der Waals surface area (Å²) in [5.41, 5.74) is 1.09. The zero-order valence-corrected chi connectivity index (χ0v) is 12.8. The van der Waals surface area contributed by atoms with E-state index in [0.29, 0.717) is 10.8 Å². The summed E-state index contributed by atoms with van der Waals surface area (Å²) < 4.78 is 5.10. The molecule has 1 aliphatic rings. The number of halogens is 1. The number of carboxylic acids is 1. The zero-order chi connectivity index (χ0) is 15.2. The maximum atomic E-state index is 11.8. The third kappa shape index (κ3) is 4.91. The average molecular weight is 330 g/mol. The van der Waals surface area contributed by atoms with Gasteiger partial charge in [0.05, 0.1) is 25.0 Å². The highest BCUT2D eigenvalue weighted by Crippen LogP contribution is 2.17. The van der Waals surface area contributed by atoms with Crippen LogP contribution in [0.2, 0.25) is 5.02 Å². The van der Waals surface area contributed by atoms with E-state index in [4.69, 9.17) is 21.4 Å². The molecule has 2 rings (SSSR count). The lowest BCUT2D eigenvalue weighted by Crippen LogP contribution is -2.43. The first-order valence-electron chi connectivity index (χ1n) is 6.48. The minimum absolute atomic E-state index is 0.151. The second kappa shape index (κ2) is 7.68. The number of amides is 1. The lowest BCUT2D eigenvalue weighted by atomic mass is 10.0. The molecule has 0 aromatic heterocycles. The Morgan fingerprint density at radius 2 is 2.05 bits per heavy atom. The third-order valence-electron chi connectivity index (χ3n) is 3.16. The lowest BCUT2D eigenvalue weighted by Gasteiger charge is -2.15. The molecule has 1 heterocycles. The van der Waals surface area contributed by atoms with Crippen LogP contribution in [-0.4, -0.2) is 42.0 Å². The molecule has 1 aliphatic heterocycles. The first-order valence-corrected chi connectivity index (χ1v) is 8.01. The molecule has 0 spiro atoms. The van der Waals surface area contributed by atoms with E-state index in [1.807, 2.05) is 24.3 Å². The number of ether oxygens (including phenoxy) is 1. The van der Waals surface area contributed by atoms with E-state index >= 15 is 0 Å². The van der Waals surface area contributed by atoms with Gasteiger partial charge in [-0.3, -0.25) is 9.59 Å². The van der Waals surface area contributed by atoms with Crippen LogP contribution in [0.1, 0.15) is 5.56 Å². The first-order chi connectivity index (χ1) is 10.1. The lowest BCUT2D eigenvalue weighted by molar-refractivity contribution is -0.142. The van der Waals surface area contributed by atoms with Crippen molar-refractivity contribution in [3.05, 3.63) is 34.9 Å². The molecule has 0 saturated carbocycles. The molecule has 1 fully saturated rings. The molecule has 0 radical (unpaired) electrons. The largest absolute Gasteiger partial charge is 0.481 e. The Labute approximate surface area is 132 Å². The normalized spacial score (nSPS) is 21.2. The van der Waals surface area contributed by atoms with Gasteiger partial charge in [0.25, 0.3) is 0 Å². The van der Waals surface area contributed by atoms with Gasteiger partial charge in [0.15, 0.2) is 0 Å². The number of hydrogen-bond acceptors (Lipinski definition) is 4. The molecule has 114 valence electrons. The SMILES string of the molecule is O=C(CSCc1ccc(Cl)cc1)NC1COCC1C(=O)O. The first kappa shape index (κ1) is 16.1. The Morgan fingerprint density at radius 3 is 2.71 bits per heavy atom. The summed E-state index contributed by atoms with van der Waals surface area (Å²) >= 11 is 7.27. The number of carbonyl (C=O) groups excluding carboxylic acids is 1. The number of nitrogens with one attached hydrogen (secondary N) is 1. The van der Waals surface area contributed by atoms with E-state index in [-0.39, 0.29) is 24.9 Å². The molecule has 1 aromatic carbocycles. The Bertz CT molecular complexity index is 508. The van der Waals surface area contributed by atoms with Crippen LogP contribution in [0.5, 0.6) is 0 Å². The van der Waals surface area contributed by atoms with Crippen molar-refractivity contribution in [3.63, 3.8) is 0 Å².